The number of nitrogens with one attached hydrogen (secondary N) is 1. The number of carbonyl (C=O) groups is 1. The van der Waals surface area contributed by atoms with Gasteiger partial charge in [-0.25, -0.2) is 0 Å². The Balaban J connectivity index is 1.69. The minimum absolute atomic E-state index is 0.254. The number of rotatable bonds is 3. The first-order chi connectivity index (χ1) is 9.74. The molecule has 0 unspecified atom stereocenters. The van der Waals surface area contributed by atoms with E-state index in [-0.39, 0.29) is 5.91 Å². The van der Waals surface area contributed by atoms with Crippen LogP contribution in [0.2, 0.25) is 5.02 Å². The van der Waals surface area contributed by atoms with Gasteiger partial charge in [-0.1, -0.05) is 35.0 Å². The average molecular weight is 289 g/mol. The molecule has 0 atom stereocenters. The Morgan fingerprint density at radius 3 is 3.05 bits per heavy atom. The van der Waals surface area contributed by atoms with Gasteiger partial charge in [0, 0.05) is 16.7 Å². The molecule has 0 saturated heterocycles. The zero-order chi connectivity index (χ0) is 13.9. The molecular weight excluding hydrogens is 276 g/mol. The number of halogens is 1. The maximum absolute atomic E-state index is 11.9. The molecule has 5 heteroatoms. The highest BCUT2D eigenvalue weighted by Gasteiger charge is 2.21. The monoisotopic (exact) mass is 288 g/mol. The number of benzene rings is 1. The van der Waals surface area contributed by atoms with Crippen molar-refractivity contribution >= 4 is 29.5 Å². The van der Waals surface area contributed by atoms with Crippen molar-refractivity contribution in [1.82, 2.24) is 5.16 Å². The lowest BCUT2D eigenvalue weighted by atomic mass is 10.2. The first-order valence-electron chi connectivity index (χ1n) is 6.45. The molecule has 0 bridgehead atoms. The summed E-state index contributed by atoms with van der Waals surface area (Å²) in [6.07, 6.45) is 6.00. The molecule has 0 spiro atoms. The lowest BCUT2D eigenvalue weighted by Gasteiger charge is -1.99. The van der Waals surface area contributed by atoms with Crippen molar-refractivity contribution in [3.63, 3.8) is 0 Å². The lowest BCUT2D eigenvalue weighted by molar-refractivity contribution is -0.112. The number of aryl methyl sites for hydroxylation is 1. The molecule has 1 aromatic heterocycles. The van der Waals surface area contributed by atoms with E-state index in [1.165, 1.54) is 6.08 Å². The van der Waals surface area contributed by atoms with Gasteiger partial charge in [0.2, 0.25) is 5.88 Å². The van der Waals surface area contributed by atoms with Gasteiger partial charge in [-0.3, -0.25) is 10.1 Å². The zero-order valence-corrected chi connectivity index (χ0v) is 11.5. The molecule has 102 valence electrons. The molecule has 4 nitrogen and oxygen atoms in total. The first-order valence-corrected chi connectivity index (χ1v) is 6.83. The van der Waals surface area contributed by atoms with E-state index in [1.54, 1.807) is 12.1 Å². The van der Waals surface area contributed by atoms with Crippen LogP contribution in [0.4, 0.5) is 5.88 Å². The topological polar surface area (TPSA) is 55.1 Å². The third-order valence-corrected chi connectivity index (χ3v) is 3.61. The molecule has 3 rings (SSSR count). The second-order valence-corrected chi connectivity index (χ2v) is 5.04. The van der Waals surface area contributed by atoms with Crippen LogP contribution in [0.15, 0.2) is 34.9 Å². The predicted molar refractivity (Wildman–Crippen MR) is 77.6 cm³/mol. The number of nitrogens with zero attached hydrogens (tertiary/aromatic N) is 1. The SMILES string of the molecule is O=C(/C=C/c1ccccc1Cl)Nc1onc2c1CCC2. The van der Waals surface area contributed by atoms with Gasteiger partial charge in [-0.2, -0.15) is 0 Å². The van der Waals surface area contributed by atoms with Crippen molar-refractivity contribution in [1.29, 1.82) is 0 Å². The third kappa shape index (κ3) is 2.60. The van der Waals surface area contributed by atoms with E-state index < -0.39 is 0 Å². The molecule has 0 fully saturated rings. The summed E-state index contributed by atoms with van der Waals surface area (Å²) in [5, 5.41) is 7.27. The third-order valence-electron chi connectivity index (χ3n) is 3.27. The largest absolute Gasteiger partial charge is 0.338 e. The highest BCUT2D eigenvalue weighted by molar-refractivity contribution is 6.32. The zero-order valence-electron chi connectivity index (χ0n) is 10.7. The molecule has 20 heavy (non-hydrogen) atoms. The van der Waals surface area contributed by atoms with Crippen molar-refractivity contribution in [2.24, 2.45) is 0 Å². The number of amides is 1. The fraction of sp³-hybridized carbons (Fsp3) is 0.200. The smallest absolute Gasteiger partial charge is 0.250 e. The van der Waals surface area contributed by atoms with E-state index in [2.05, 4.69) is 10.5 Å². The van der Waals surface area contributed by atoms with Crippen LogP contribution in [0, 0.1) is 0 Å². The number of hydrogen-bond acceptors (Lipinski definition) is 3. The van der Waals surface area contributed by atoms with Crippen LogP contribution in [-0.4, -0.2) is 11.1 Å². The van der Waals surface area contributed by atoms with Crippen molar-refractivity contribution in [3.05, 3.63) is 52.2 Å². The molecule has 1 aliphatic carbocycles. The molecule has 0 radical (unpaired) electrons. The number of aromatic nitrogens is 1. The second-order valence-electron chi connectivity index (χ2n) is 4.63. The van der Waals surface area contributed by atoms with Gasteiger partial charge in [0.25, 0.3) is 5.91 Å². The Kier molecular flexibility index (Phi) is 3.56. The quantitative estimate of drug-likeness (QED) is 0.880. The van der Waals surface area contributed by atoms with Crippen molar-refractivity contribution in [2.75, 3.05) is 5.32 Å². The van der Waals surface area contributed by atoms with Crippen molar-refractivity contribution in [3.8, 4) is 0 Å². The second kappa shape index (κ2) is 5.51. The number of carbonyl (C=O) groups excluding carboxylic acids is 1. The van der Waals surface area contributed by atoms with Crippen LogP contribution < -0.4 is 5.32 Å². The van der Waals surface area contributed by atoms with E-state index in [1.807, 2.05) is 18.2 Å². The van der Waals surface area contributed by atoms with Gasteiger partial charge in [0.05, 0.1) is 5.69 Å². The van der Waals surface area contributed by atoms with Crippen LogP contribution >= 0.6 is 11.6 Å². The normalized spacial score (nSPS) is 13.7. The summed E-state index contributed by atoms with van der Waals surface area (Å²) in [4.78, 5) is 11.9. The summed E-state index contributed by atoms with van der Waals surface area (Å²) in [5.74, 6) is 0.210. The Morgan fingerprint density at radius 2 is 2.20 bits per heavy atom. The minimum Gasteiger partial charge on any atom is -0.338 e. The molecule has 1 heterocycles. The molecule has 1 aliphatic rings. The Labute approximate surface area is 121 Å². The van der Waals surface area contributed by atoms with Crippen LogP contribution in [0.5, 0.6) is 0 Å². The van der Waals surface area contributed by atoms with Gasteiger partial charge in [-0.05, 0) is 37.0 Å². The first kappa shape index (κ1) is 12.9. The van der Waals surface area contributed by atoms with E-state index in [4.69, 9.17) is 16.1 Å². The van der Waals surface area contributed by atoms with E-state index >= 15 is 0 Å². The highest BCUT2D eigenvalue weighted by atomic mass is 35.5. The fourth-order valence-electron chi connectivity index (χ4n) is 2.26. The summed E-state index contributed by atoms with van der Waals surface area (Å²) < 4.78 is 5.14. The summed E-state index contributed by atoms with van der Waals surface area (Å²) in [6.45, 7) is 0. The highest BCUT2D eigenvalue weighted by Crippen LogP contribution is 2.28. The number of anilines is 1. The number of fused-ring (bicyclic) bond motifs is 1. The summed E-state index contributed by atoms with van der Waals surface area (Å²) in [6, 6.07) is 7.34. The summed E-state index contributed by atoms with van der Waals surface area (Å²) in [7, 11) is 0. The number of hydrogen-bond donors (Lipinski definition) is 1. The standard InChI is InChI=1S/C15H13ClN2O2/c16-12-6-2-1-4-10(12)8-9-14(19)17-15-11-5-3-7-13(11)18-20-15/h1-2,4,6,8-9H,3,5,7H2,(H,17,19)/b9-8+. The fourth-order valence-corrected chi connectivity index (χ4v) is 2.46. The molecule has 0 aliphatic heterocycles. The van der Waals surface area contributed by atoms with Gasteiger partial charge in [0.1, 0.15) is 0 Å². The molecule has 1 aromatic carbocycles. The van der Waals surface area contributed by atoms with Gasteiger partial charge < -0.3 is 4.52 Å². The van der Waals surface area contributed by atoms with E-state index in [0.717, 1.165) is 36.1 Å². The minimum atomic E-state index is -0.254. The molecule has 0 saturated carbocycles. The average Bonchev–Trinajstić information content (AvgIpc) is 3.03. The van der Waals surface area contributed by atoms with Crippen molar-refractivity contribution < 1.29 is 9.32 Å². The van der Waals surface area contributed by atoms with Gasteiger partial charge in [0.15, 0.2) is 0 Å². The maximum atomic E-state index is 11.9. The maximum Gasteiger partial charge on any atom is 0.250 e. The lowest BCUT2D eigenvalue weighted by Crippen LogP contribution is -2.08. The van der Waals surface area contributed by atoms with Gasteiger partial charge in [-0.15, -0.1) is 0 Å². The molecule has 1 amide bonds. The van der Waals surface area contributed by atoms with Crippen molar-refractivity contribution in [2.45, 2.75) is 19.3 Å². The van der Waals surface area contributed by atoms with Gasteiger partial charge >= 0.3 is 0 Å². The molecule has 1 N–H and O–H groups in total. The van der Waals surface area contributed by atoms with E-state index in [0.29, 0.717) is 10.9 Å². The summed E-state index contributed by atoms with van der Waals surface area (Å²) in [5.41, 5.74) is 2.77. The van der Waals surface area contributed by atoms with Crippen LogP contribution in [0.25, 0.3) is 6.08 Å². The Morgan fingerprint density at radius 1 is 1.35 bits per heavy atom. The Bertz CT molecular complexity index is 676. The van der Waals surface area contributed by atoms with E-state index in [9.17, 15) is 4.79 Å². The summed E-state index contributed by atoms with van der Waals surface area (Å²) >= 11 is 6.02. The van der Waals surface area contributed by atoms with Crippen LogP contribution in [-0.2, 0) is 17.6 Å². The van der Waals surface area contributed by atoms with Crippen LogP contribution in [0.3, 0.4) is 0 Å². The predicted octanol–water partition coefficient (Wildman–Crippen LogP) is 3.47. The molecule has 2 aromatic rings. The van der Waals surface area contributed by atoms with Crippen LogP contribution in [0.1, 0.15) is 23.2 Å². The Hall–Kier alpha value is -2.07. The molecular formula is C15H13ClN2O2.